The van der Waals surface area contributed by atoms with E-state index in [2.05, 4.69) is 46.4 Å². The van der Waals surface area contributed by atoms with Crippen molar-refractivity contribution in [3.8, 4) is 0 Å². The van der Waals surface area contributed by atoms with Crippen LogP contribution in [0.5, 0.6) is 0 Å². The summed E-state index contributed by atoms with van der Waals surface area (Å²) in [5.74, 6) is 1.71. The molecule has 0 aromatic heterocycles. The minimum atomic E-state index is 0.507. The summed E-state index contributed by atoms with van der Waals surface area (Å²) in [6.07, 6.45) is 2.78. The number of hydrogen-bond acceptors (Lipinski definition) is 1. The second-order valence-corrected chi connectivity index (χ2v) is 6.66. The fraction of sp³-hybridized carbons (Fsp3) is 1.00. The Morgan fingerprint density at radius 2 is 1.47 bits per heavy atom. The van der Waals surface area contributed by atoms with Crippen LogP contribution in [0.1, 0.15) is 54.4 Å². The van der Waals surface area contributed by atoms with E-state index in [4.69, 9.17) is 0 Å². The van der Waals surface area contributed by atoms with Crippen molar-refractivity contribution in [2.75, 3.05) is 13.1 Å². The van der Waals surface area contributed by atoms with Gasteiger partial charge in [-0.15, -0.1) is 0 Å². The average molecular weight is 211 g/mol. The Bertz CT molecular complexity index is 182. The van der Waals surface area contributed by atoms with Crippen molar-refractivity contribution in [2.24, 2.45) is 17.3 Å². The molecule has 0 bridgehead atoms. The highest BCUT2D eigenvalue weighted by Crippen LogP contribution is 2.35. The quantitative estimate of drug-likeness (QED) is 0.672. The summed E-state index contributed by atoms with van der Waals surface area (Å²) in [5, 5.41) is 0. The van der Waals surface area contributed by atoms with E-state index in [0.717, 1.165) is 17.9 Å². The molecule has 1 heterocycles. The zero-order valence-electron chi connectivity index (χ0n) is 11.5. The van der Waals surface area contributed by atoms with Crippen molar-refractivity contribution in [3.05, 3.63) is 0 Å². The molecular weight excluding hydrogens is 182 g/mol. The molecule has 0 aromatic rings. The van der Waals surface area contributed by atoms with E-state index >= 15 is 0 Å². The van der Waals surface area contributed by atoms with Gasteiger partial charge in [0.1, 0.15) is 0 Å². The highest BCUT2D eigenvalue weighted by Gasteiger charge is 2.30. The molecule has 1 aliphatic rings. The van der Waals surface area contributed by atoms with Crippen LogP contribution in [0.4, 0.5) is 0 Å². The predicted molar refractivity (Wildman–Crippen MR) is 68.1 cm³/mol. The van der Waals surface area contributed by atoms with Crippen LogP contribution in [0.25, 0.3) is 0 Å². The SMILES string of the molecule is CC(C)C(C)N1CCC(C(C)(C)C)CC1. The van der Waals surface area contributed by atoms with Crippen LogP contribution in [0.2, 0.25) is 0 Å². The Morgan fingerprint density at radius 3 is 1.80 bits per heavy atom. The topological polar surface area (TPSA) is 3.24 Å². The van der Waals surface area contributed by atoms with Crippen LogP contribution in [-0.4, -0.2) is 24.0 Å². The number of piperidine rings is 1. The number of nitrogens with zero attached hydrogens (tertiary/aromatic N) is 1. The van der Waals surface area contributed by atoms with Gasteiger partial charge in [0.2, 0.25) is 0 Å². The van der Waals surface area contributed by atoms with Crippen molar-refractivity contribution in [2.45, 2.75) is 60.4 Å². The molecule has 0 N–H and O–H groups in total. The van der Waals surface area contributed by atoms with Gasteiger partial charge in [-0.25, -0.2) is 0 Å². The highest BCUT2D eigenvalue weighted by atomic mass is 15.2. The van der Waals surface area contributed by atoms with Crippen LogP contribution in [0.3, 0.4) is 0 Å². The molecule has 0 aromatic carbocycles. The molecule has 1 heteroatoms. The summed E-state index contributed by atoms with van der Waals surface area (Å²) in [6, 6.07) is 0.755. The predicted octanol–water partition coefficient (Wildman–Crippen LogP) is 3.79. The van der Waals surface area contributed by atoms with Gasteiger partial charge < -0.3 is 4.90 Å². The zero-order valence-corrected chi connectivity index (χ0v) is 11.5. The van der Waals surface area contributed by atoms with Crippen LogP contribution in [0.15, 0.2) is 0 Å². The third-order valence-electron chi connectivity index (χ3n) is 4.30. The molecule has 15 heavy (non-hydrogen) atoms. The Labute approximate surface area is 96.2 Å². The van der Waals surface area contributed by atoms with E-state index in [1.165, 1.54) is 25.9 Å². The Hall–Kier alpha value is -0.0400. The first kappa shape index (κ1) is 13.0. The van der Waals surface area contributed by atoms with E-state index in [1.54, 1.807) is 0 Å². The van der Waals surface area contributed by atoms with Gasteiger partial charge >= 0.3 is 0 Å². The molecule has 1 unspecified atom stereocenters. The molecule has 1 nitrogen and oxygen atoms in total. The summed E-state index contributed by atoms with van der Waals surface area (Å²) >= 11 is 0. The van der Waals surface area contributed by atoms with Gasteiger partial charge in [0.05, 0.1) is 0 Å². The smallest absolute Gasteiger partial charge is 0.00899 e. The molecule has 1 fully saturated rings. The van der Waals surface area contributed by atoms with Crippen molar-refractivity contribution in [3.63, 3.8) is 0 Å². The molecule has 1 saturated heterocycles. The lowest BCUT2D eigenvalue weighted by Gasteiger charge is -2.42. The lowest BCUT2D eigenvalue weighted by atomic mass is 9.75. The second-order valence-electron chi connectivity index (χ2n) is 6.66. The number of likely N-dealkylation sites (tertiary alicyclic amines) is 1. The Balaban J connectivity index is 2.42. The third-order valence-corrected chi connectivity index (χ3v) is 4.30. The highest BCUT2D eigenvalue weighted by molar-refractivity contribution is 4.83. The minimum Gasteiger partial charge on any atom is -0.300 e. The summed E-state index contributed by atoms with van der Waals surface area (Å²) in [6.45, 7) is 16.8. The first-order valence-corrected chi connectivity index (χ1v) is 6.56. The zero-order chi connectivity index (χ0) is 11.6. The van der Waals surface area contributed by atoms with Gasteiger partial charge in [0.15, 0.2) is 0 Å². The summed E-state index contributed by atoms with van der Waals surface area (Å²) < 4.78 is 0. The Morgan fingerprint density at radius 1 is 1.00 bits per heavy atom. The lowest BCUT2D eigenvalue weighted by Crippen LogP contribution is -2.44. The number of rotatable bonds is 2. The molecule has 1 aliphatic heterocycles. The fourth-order valence-corrected chi connectivity index (χ4v) is 2.59. The van der Waals surface area contributed by atoms with Crippen molar-refractivity contribution < 1.29 is 0 Å². The molecule has 0 spiro atoms. The average Bonchev–Trinajstić information content (AvgIpc) is 2.15. The molecule has 0 saturated carbocycles. The second kappa shape index (κ2) is 4.86. The normalized spacial score (nSPS) is 23.4. The molecule has 1 atom stereocenters. The van der Waals surface area contributed by atoms with Crippen molar-refractivity contribution >= 4 is 0 Å². The van der Waals surface area contributed by atoms with E-state index in [0.29, 0.717) is 5.41 Å². The minimum absolute atomic E-state index is 0.507. The van der Waals surface area contributed by atoms with Gasteiger partial charge in [0, 0.05) is 6.04 Å². The Kier molecular flexibility index (Phi) is 4.22. The molecule has 0 aliphatic carbocycles. The van der Waals surface area contributed by atoms with Crippen LogP contribution in [0, 0.1) is 17.3 Å². The van der Waals surface area contributed by atoms with Gasteiger partial charge in [-0.3, -0.25) is 0 Å². The fourth-order valence-electron chi connectivity index (χ4n) is 2.59. The largest absolute Gasteiger partial charge is 0.300 e. The van der Waals surface area contributed by atoms with E-state index in [9.17, 15) is 0 Å². The standard InChI is InChI=1S/C14H29N/c1-11(2)12(3)15-9-7-13(8-10-15)14(4,5)6/h11-13H,7-10H2,1-6H3. The van der Waals surface area contributed by atoms with Crippen LogP contribution in [-0.2, 0) is 0 Å². The van der Waals surface area contributed by atoms with Crippen LogP contribution < -0.4 is 0 Å². The third kappa shape index (κ3) is 3.48. The van der Waals surface area contributed by atoms with E-state index < -0.39 is 0 Å². The number of hydrogen-bond donors (Lipinski definition) is 0. The van der Waals surface area contributed by atoms with Gasteiger partial charge in [-0.1, -0.05) is 34.6 Å². The lowest BCUT2D eigenvalue weighted by molar-refractivity contribution is 0.0728. The van der Waals surface area contributed by atoms with Gasteiger partial charge in [-0.2, -0.15) is 0 Å². The monoisotopic (exact) mass is 211 g/mol. The van der Waals surface area contributed by atoms with Crippen LogP contribution >= 0.6 is 0 Å². The molecule has 0 amide bonds. The first-order chi connectivity index (χ1) is 6.82. The maximum absolute atomic E-state index is 2.67. The maximum Gasteiger partial charge on any atom is 0.00899 e. The summed E-state index contributed by atoms with van der Waals surface area (Å²) in [4.78, 5) is 2.67. The van der Waals surface area contributed by atoms with Gasteiger partial charge in [0.25, 0.3) is 0 Å². The maximum atomic E-state index is 2.67. The molecular formula is C14H29N. The molecule has 0 radical (unpaired) electrons. The van der Waals surface area contributed by atoms with Crippen molar-refractivity contribution in [1.82, 2.24) is 4.90 Å². The van der Waals surface area contributed by atoms with E-state index in [1.807, 2.05) is 0 Å². The molecule has 90 valence electrons. The van der Waals surface area contributed by atoms with Crippen molar-refractivity contribution in [1.29, 1.82) is 0 Å². The summed E-state index contributed by atoms with van der Waals surface area (Å²) in [5.41, 5.74) is 0.507. The summed E-state index contributed by atoms with van der Waals surface area (Å²) in [7, 11) is 0. The van der Waals surface area contributed by atoms with Gasteiger partial charge in [-0.05, 0) is 50.1 Å². The molecule has 1 rings (SSSR count). The van der Waals surface area contributed by atoms with E-state index in [-0.39, 0.29) is 0 Å². The first-order valence-electron chi connectivity index (χ1n) is 6.56.